The lowest BCUT2D eigenvalue weighted by Gasteiger charge is -2.15. The van der Waals surface area contributed by atoms with Crippen LogP contribution in [0.4, 0.5) is 4.39 Å². The quantitative estimate of drug-likeness (QED) is 0.849. The smallest absolute Gasteiger partial charge is 0.339 e. The van der Waals surface area contributed by atoms with E-state index in [1.165, 1.54) is 17.0 Å². The molecule has 0 saturated carbocycles. The summed E-state index contributed by atoms with van der Waals surface area (Å²) in [6, 6.07) is 5.66. The van der Waals surface area contributed by atoms with Crippen molar-refractivity contribution < 1.29 is 23.8 Å². The number of aliphatic hydroxyl groups excluding tert-OH is 1. The molecule has 0 spiro atoms. The third kappa shape index (κ3) is 2.79. The number of esters is 1. The molecular formula is C14H14FNO4. The average molecular weight is 279 g/mol. The third-order valence-electron chi connectivity index (χ3n) is 2.93. The summed E-state index contributed by atoms with van der Waals surface area (Å²) >= 11 is 0. The van der Waals surface area contributed by atoms with E-state index in [2.05, 4.69) is 0 Å². The molecule has 0 bridgehead atoms. The summed E-state index contributed by atoms with van der Waals surface area (Å²) in [6.07, 6.45) is 0. The molecule has 20 heavy (non-hydrogen) atoms. The fraction of sp³-hybridized carbons (Fsp3) is 0.286. The number of aliphatic hydroxyl groups is 1. The number of rotatable bonds is 4. The van der Waals surface area contributed by atoms with Gasteiger partial charge in [-0.2, -0.15) is 0 Å². The predicted molar refractivity (Wildman–Crippen MR) is 68.1 cm³/mol. The molecule has 1 N–H and O–H groups in total. The fourth-order valence-electron chi connectivity index (χ4n) is 1.93. The standard InChI is InChI=1S/C14H14FNO4/c1-2-20-14(19)11-8-16(13(18)12(11)17)7-9-3-5-10(15)6-4-9/h3-6,17H,2,7-8H2,1H3. The molecule has 1 aromatic rings. The second kappa shape index (κ2) is 5.73. The molecule has 0 aromatic heterocycles. The van der Waals surface area contributed by atoms with Crippen molar-refractivity contribution in [1.29, 1.82) is 0 Å². The highest BCUT2D eigenvalue weighted by atomic mass is 19.1. The number of nitrogens with zero attached hydrogens (tertiary/aromatic N) is 1. The lowest BCUT2D eigenvalue weighted by molar-refractivity contribution is -0.138. The lowest BCUT2D eigenvalue weighted by atomic mass is 10.2. The van der Waals surface area contributed by atoms with Crippen LogP contribution in [0.5, 0.6) is 0 Å². The van der Waals surface area contributed by atoms with Gasteiger partial charge >= 0.3 is 5.97 Å². The number of hydrogen-bond acceptors (Lipinski definition) is 4. The van der Waals surface area contributed by atoms with E-state index in [0.717, 1.165) is 0 Å². The molecule has 1 aliphatic rings. The number of carbonyl (C=O) groups excluding carboxylic acids is 2. The molecule has 0 atom stereocenters. The monoisotopic (exact) mass is 279 g/mol. The van der Waals surface area contributed by atoms with Crippen LogP contribution in [0.15, 0.2) is 35.6 Å². The van der Waals surface area contributed by atoms with Gasteiger partial charge in [0, 0.05) is 6.54 Å². The molecular weight excluding hydrogens is 265 g/mol. The van der Waals surface area contributed by atoms with Gasteiger partial charge in [0.05, 0.1) is 13.2 Å². The zero-order valence-electron chi connectivity index (χ0n) is 10.9. The highest BCUT2D eigenvalue weighted by Gasteiger charge is 2.34. The third-order valence-corrected chi connectivity index (χ3v) is 2.93. The minimum Gasteiger partial charge on any atom is -0.503 e. The Hall–Kier alpha value is -2.37. The minimum atomic E-state index is -0.694. The predicted octanol–water partition coefficient (Wildman–Crippen LogP) is 1.54. The van der Waals surface area contributed by atoms with E-state index in [4.69, 9.17) is 4.74 Å². The van der Waals surface area contributed by atoms with E-state index in [-0.39, 0.29) is 31.1 Å². The minimum absolute atomic E-state index is 0.0130. The first kappa shape index (κ1) is 14.0. The molecule has 5 nitrogen and oxygen atoms in total. The summed E-state index contributed by atoms with van der Waals surface area (Å²) in [5.41, 5.74) is 0.664. The van der Waals surface area contributed by atoms with Crippen LogP contribution in [0.3, 0.4) is 0 Å². The van der Waals surface area contributed by atoms with Crippen LogP contribution in [0, 0.1) is 5.82 Å². The maximum Gasteiger partial charge on any atom is 0.339 e. The van der Waals surface area contributed by atoms with Crippen LogP contribution in [0.2, 0.25) is 0 Å². The van der Waals surface area contributed by atoms with E-state index in [0.29, 0.717) is 5.56 Å². The zero-order chi connectivity index (χ0) is 14.7. The first-order valence-corrected chi connectivity index (χ1v) is 6.16. The summed E-state index contributed by atoms with van der Waals surface area (Å²) in [7, 11) is 0. The maximum atomic E-state index is 12.8. The van der Waals surface area contributed by atoms with Gasteiger partial charge in [-0.25, -0.2) is 9.18 Å². The Labute approximate surface area is 115 Å². The van der Waals surface area contributed by atoms with E-state index in [1.807, 2.05) is 0 Å². The van der Waals surface area contributed by atoms with Gasteiger partial charge in [-0.3, -0.25) is 4.79 Å². The highest BCUT2D eigenvalue weighted by molar-refractivity contribution is 6.04. The molecule has 1 heterocycles. The Morgan fingerprint density at radius 2 is 2.05 bits per heavy atom. The fourth-order valence-corrected chi connectivity index (χ4v) is 1.93. The molecule has 0 unspecified atom stereocenters. The average Bonchev–Trinajstić information content (AvgIpc) is 2.70. The van der Waals surface area contributed by atoms with Crippen LogP contribution < -0.4 is 0 Å². The molecule has 6 heteroatoms. The number of hydrogen-bond donors (Lipinski definition) is 1. The van der Waals surface area contributed by atoms with Crippen molar-refractivity contribution in [3.8, 4) is 0 Å². The zero-order valence-corrected chi connectivity index (χ0v) is 10.9. The first-order chi connectivity index (χ1) is 9.52. The van der Waals surface area contributed by atoms with Crippen LogP contribution in [-0.2, 0) is 20.9 Å². The number of carbonyl (C=O) groups is 2. The molecule has 1 aliphatic heterocycles. The van der Waals surface area contributed by atoms with E-state index < -0.39 is 17.6 Å². The molecule has 0 saturated heterocycles. The maximum absolute atomic E-state index is 12.8. The van der Waals surface area contributed by atoms with Crippen molar-refractivity contribution in [3.63, 3.8) is 0 Å². The van der Waals surface area contributed by atoms with Crippen molar-refractivity contribution in [1.82, 2.24) is 4.90 Å². The molecule has 106 valence electrons. The van der Waals surface area contributed by atoms with E-state index in [1.54, 1.807) is 19.1 Å². The SMILES string of the molecule is CCOC(=O)C1=C(O)C(=O)N(Cc2ccc(F)cc2)C1. The number of benzene rings is 1. The van der Waals surface area contributed by atoms with E-state index >= 15 is 0 Å². The number of amides is 1. The van der Waals surface area contributed by atoms with Gasteiger partial charge in [0.25, 0.3) is 5.91 Å². The summed E-state index contributed by atoms with van der Waals surface area (Å²) in [4.78, 5) is 24.7. The normalized spacial score (nSPS) is 14.9. The number of ether oxygens (including phenoxy) is 1. The van der Waals surface area contributed by atoms with Crippen molar-refractivity contribution in [2.75, 3.05) is 13.2 Å². The summed E-state index contributed by atoms with van der Waals surface area (Å²) in [6.45, 7) is 1.98. The van der Waals surface area contributed by atoms with Gasteiger partial charge in [0.15, 0.2) is 5.76 Å². The molecule has 0 aliphatic carbocycles. The van der Waals surface area contributed by atoms with Gasteiger partial charge in [0.1, 0.15) is 11.4 Å². The van der Waals surface area contributed by atoms with Crippen molar-refractivity contribution in [2.24, 2.45) is 0 Å². The molecule has 0 fully saturated rings. The Bertz CT molecular complexity index is 565. The number of halogens is 1. The van der Waals surface area contributed by atoms with E-state index in [9.17, 15) is 19.1 Å². The van der Waals surface area contributed by atoms with Crippen LogP contribution in [0.1, 0.15) is 12.5 Å². The van der Waals surface area contributed by atoms with Gasteiger partial charge in [-0.15, -0.1) is 0 Å². The van der Waals surface area contributed by atoms with Crippen LogP contribution in [0.25, 0.3) is 0 Å². The molecule has 2 rings (SSSR count). The Morgan fingerprint density at radius 1 is 1.40 bits per heavy atom. The molecule has 1 amide bonds. The largest absolute Gasteiger partial charge is 0.503 e. The lowest BCUT2D eigenvalue weighted by Crippen LogP contribution is -2.27. The Kier molecular flexibility index (Phi) is 4.02. The summed E-state index contributed by atoms with van der Waals surface area (Å²) < 4.78 is 17.6. The van der Waals surface area contributed by atoms with Crippen molar-refractivity contribution in [2.45, 2.75) is 13.5 Å². The first-order valence-electron chi connectivity index (χ1n) is 6.16. The topological polar surface area (TPSA) is 66.8 Å². The summed E-state index contributed by atoms with van der Waals surface area (Å²) in [5, 5.41) is 9.67. The molecule has 1 aromatic carbocycles. The second-order valence-corrected chi connectivity index (χ2v) is 4.34. The van der Waals surface area contributed by atoms with Crippen LogP contribution in [-0.4, -0.2) is 35.0 Å². The van der Waals surface area contributed by atoms with Gasteiger partial charge < -0.3 is 14.7 Å². The Balaban J connectivity index is 2.08. The van der Waals surface area contributed by atoms with Crippen molar-refractivity contribution in [3.05, 3.63) is 47.0 Å². The van der Waals surface area contributed by atoms with Crippen molar-refractivity contribution >= 4 is 11.9 Å². The molecule has 0 radical (unpaired) electrons. The van der Waals surface area contributed by atoms with Gasteiger partial charge in [0.2, 0.25) is 0 Å². The highest BCUT2D eigenvalue weighted by Crippen LogP contribution is 2.20. The Morgan fingerprint density at radius 3 is 2.65 bits per heavy atom. The van der Waals surface area contributed by atoms with Crippen LogP contribution >= 0.6 is 0 Å². The second-order valence-electron chi connectivity index (χ2n) is 4.34. The van der Waals surface area contributed by atoms with Gasteiger partial charge in [-0.05, 0) is 24.6 Å². The van der Waals surface area contributed by atoms with Gasteiger partial charge in [-0.1, -0.05) is 12.1 Å². The summed E-state index contributed by atoms with van der Waals surface area (Å²) in [5.74, 6) is -2.27.